The fraction of sp³-hybridized carbons (Fsp3) is 0.250. The van der Waals surface area contributed by atoms with Crippen molar-refractivity contribution >= 4 is 11.9 Å². The Morgan fingerprint density at radius 2 is 1.44 bits per heavy atom. The highest BCUT2D eigenvalue weighted by atomic mass is 16.7. The van der Waals surface area contributed by atoms with Crippen molar-refractivity contribution in [1.82, 2.24) is 0 Å². The summed E-state index contributed by atoms with van der Waals surface area (Å²) in [6, 6.07) is 0. The van der Waals surface area contributed by atoms with Crippen molar-refractivity contribution in [2.24, 2.45) is 0 Å². The quantitative estimate of drug-likeness (QED) is 0.317. The third-order valence-electron chi connectivity index (χ3n) is 1.33. The van der Waals surface area contributed by atoms with Crippen molar-refractivity contribution in [2.75, 3.05) is 0 Å². The number of allylic oxidation sites excluding steroid dienone is 1. The van der Waals surface area contributed by atoms with Crippen LogP contribution in [0, 0.1) is 0 Å². The summed E-state index contributed by atoms with van der Waals surface area (Å²) in [4.78, 5) is 22.3. The Balaban J connectivity index is 4.74. The molecular weight excluding hydrogens is 208 g/mol. The van der Waals surface area contributed by atoms with Gasteiger partial charge in [-0.15, -0.1) is 0 Å². The first-order valence-corrected chi connectivity index (χ1v) is 4.55. The van der Waals surface area contributed by atoms with Gasteiger partial charge >= 0.3 is 17.9 Å². The predicted octanol–water partition coefficient (Wildman–Crippen LogP) is 2.24. The molecule has 0 atom stereocenters. The molecule has 0 N–H and O–H groups in total. The lowest BCUT2D eigenvalue weighted by Crippen LogP contribution is -2.11. The van der Waals surface area contributed by atoms with E-state index in [-0.39, 0.29) is 17.1 Å². The molecule has 0 aromatic rings. The van der Waals surface area contributed by atoms with E-state index in [1.807, 2.05) is 0 Å². The van der Waals surface area contributed by atoms with E-state index in [1.165, 1.54) is 19.9 Å². The molecule has 0 aliphatic carbocycles. The third kappa shape index (κ3) is 4.98. The molecule has 0 aliphatic heterocycles. The SMILES string of the molecule is C=C(C)C(=O)OC(=C=CC)OC(=O)C(=C)C. The standard InChI is InChI=1S/C12H14O4/c1-6-7-10(15-11(13)8(2)3)16-12(14)9(4)5/h6H,2,4H2,1,3,5H3. The summed E-state index contributed by atoms with van der Waals surface area (Å²) < 4.78 is 9.45. The third-order valence-corrected chi connectivity index (χ3v) is 1.33. The van der Waals surface area contributed by atoms with E-state index in [0.29, 0.717) is 0 Å². The number of esters is 2. The highest BCUT2D eigenvalue weighted by Crippen LogP contribution is 2.06. The maximum atomic E-state index is 11.2. The summed E-state index contributed by atoms with van der Waals surface area (Å²) in [6.45, 7) is 11.4. The van der Waals surface area contributed by atoms with Gasteiger partial charge in [0.05, 0.1) is 0 Å². The molecule has 0 saturated carbocycles. The number of carbonyl (C=O) groups excluding carboxylic acids is 2. The molecule has 0 aliphatic rings. The number of rotatable bonds is 4. The van der Waals surface area contributed by atoms with Gasteiger partial charge in [-0.1, -0.05) is 13.2 Å². The van der Waals surface area contributed by atoms with E-state index in [0.717, 1.165) is 0 Å². The van der Waals surface area contributed by atoms with Gasteiger partial charge in [0, 0.05) is 11.1 Å². The van der Waals surface area contributed by atoms with E-state index in [1.54, 1.807) is 6.92 Å². The second kappa shape index (κ2) is 6.43. The van der Waals surface area contributed by atoms with E-state index in [4.69, 9.17) is 9.47 Å². The molecule has 86 valence electrons. The fourth-order valence-electron chi connectivity index (χ4n) is 0.540. The van der Waals surface area contributed by atoms with E-state index >= 15 is 0 Å². The molecule has 0 fully saturated rings. The Labute approximate surface area is 94.5 Å². The monoisotopic (exact) mass is 222 g/mol. The van der Waals surface area contributed by atoms with Crippen molar-refractivity contribution in [2.45, 2.75) is 20.8 Å². The van der Waals surface area contributed by atoms with Crippen LogP contribution in [0.2, 0.25) is 0 Å². The molecule has 0 bridgehead atoms. The topological polar surface area (TPSA) is 52.6 Å². The zero-order chi connectivity index (χ0) is 12.7. The van der Waals surface area contributed by atoms with Crippen LogP contribution in [0.25, 0.3) is 0 Å². The lowest BCUT2D eigenvalue weighted by Gasteiger charge is -2.06. The van der Waals surface area contributed by atoms with Gasteiger partial charge in [-0.2, -0.15) is 0 Å². The van der Waals surface area contributed by atoms with Crippen LogP contribution in [-0.2, 0) is 19.1 Å². The maximum Gasteiger partial charge on any atom is 0.343 e. The molecule has 0 rings (SSSR count). The summed E-state index contributed by atoms with van der Waals surface area (Å²) in [7, 11) is 0. The van der Waals surface area contributed by atoms with Crippen molar-refractivity contribution < 1.29 is 19.1 Å². The molecule has 0 spiro atoms. The highest BCUT2D eigenvalue weighted by molar-refractivity contribution is 5.89. The zero-order valence-corrected chi connectivity index (χ0v) is 9.62. The maximum absolute atomic E-state index is 11.2. The molecule has 0 radical (unpaired) electrons. The van der Waals surface area contributed by atoms with Crippen LogP contribution in [0.4, 0.5) is 0 Å². The van der Waals surface area contributed by atoms with Crippen LogP contribution >= 0.6 is 0 Å². The zero-order valence-electron chi connectivity index (χ0n) is 9.62. The average molecular weight is 222 g/mol. The van der Waals surface area contributed by atoms with Gasteiger partial charge in [0.25, 0.3) is 0 Å². The largest absolute Gasteiger partial charge is 0.383 e. The Morgan fingerprint density at radius 3 is 1.69 bits per heavy atom. The Bertz CT molecular complexity index is 365. The first-order valence-electron chi connectivity index (χ1n) is 4.55. The Hall–Kier alpha value is -2.06. The Morgan fingerprint density at radius 1 is 1.06 bits per heavy atom. The summed E-state index contributed by atoms with van der Waals surface area (Å²) >= 11 is 0. The van der Waals surface area contributed by atoms with Gasteiger partial charge in [0.15, 0.2) is 0 Å². The van der Waals surface area contributed by atoms with Gasteiger partial charge in [0.2, 0.25) is 0 Å². The summed E-state index contributed by atoms with van der Waals surface area (Å²) in [5.74, 6) is -1.68. The van der Waals surface area contributed by atoms with E-state index in [9.17, 15) is 9.59 Å². The molecule has 0 aromatic heterocycles. The van der Waals surface area contributed by atoms with Crippen molar-refractivity contribution in [3.8, 4) is 0 Å². The summed E-state index contributed by atoms with van der Waals surface area (Å²) in [5.41, 5.74) is 2.87. The molecule has 16 heavy (non-hydrogen) atoms. The molecule has 0 amide bonds. The van der Waals surface area contributed by atoms with E-state index < -0.39 is 11.9 Å². The van der Waals surface area contributed by atoms with Gasteiger partial charge in [-0.3, -0.25) is 0 Å². The Kier molecular flexibility index (Phi) is 5.60. The fourth-order valence-corrected chi connectivity index (χ4v) is 0.540. The lowest BCUT2D eigenvalue weighted by molar-refractivity contribution is -0.148. The minimum absolute atomic E-state index is 0.196. The molecule has 0 heterocycles. The minimum Gasteiger partial charge on any atom is -0.383 e. The van der Waals surface area contributed by atoms with E-state index in [2.05, 4.69) is 18.9 Å². The number of hydrogen-bond acceptors (Lipinski definition) is 4. The molecule has 0 unspecified atom stereocenters. The highest BCUT2D eigenvalue weighted by Gasteiger charge is 2.13. The smallest absolute Gasteiger partial charge is 0.343 e. The molecule has 0 aromatic carbocycles. The first kappa shape index (κ1) is 13.9. The van der Waals surface area contributed by atoms with Crippen molar-refractivity contribution in [3.05, 3.63) is 42.1 Å². The number of carbonyl (C=O) groups is 2. The van der Waals surface area contributed by atoms with Crippen LogP contribution in [0.3, 0.4) is 0 Å². The van der Waals surface area contributed by atoms with Gasteiger partial charge < -0.3 is 9.47 Å². The summed E-state index contributed by atoms with van der Waals surface area (Å²) in [6.07, 6.45) is 1.45. The van der Waals surface area contributed by atoms with Crippen LogP contribution in [0.15, 0.2) is 42.1 Å². The van der Waals surface area contributed by atoms with Crippen LogP contribution < -0.4 is 0 Å². The number of ether oxygens (including phenoxy) is 2. The summed E-state index contributed by atoms with van der Waals surface area (Å²) in [5, 5.41) is 0. The van der Waals surface area contributed by atoms with Crippen LogP contribution in [0.5, 0.6) is 0 Å². The molecule has 4 nitrogen and oxygen atoms in total. The average Bonchev–Trinajstić information content (AvgIpc) is 2.17. The second-order valence-electron chi connectivity index (χ2n) is 3.06. The second-order valence-corrected chi connectivity index (χ2v) is 3.06. The molecule has 0 saturated heterocycles. The van der Waals surface area contributed by atoms with Crippen molar-refractivity contribution in [3.63, 3.8) is 0 Å². The van der Waals surface area contributed by atoms with Crippen LogP contribution in [-0.4, -0.2) is 11.9 Å². The van der Waals surface area contributed by atoms with Gasteiger partial charge in [-0.25, -0.2) is 9.59 Å². The number of hydrogen-bond donors (Lipinski definition) is 0. The van der Waals surface area contributed by atoms with Gasteiger partial charge in [-0.05, 0) is 32.6 Å². The van der Waals surface area contributed by atoms with Crippen LogP contribution in [0.1, 0.15) is 20.8 Å². The van der Waals surface area contributed by atoms with Crippen molar-refractivity contribution in [1.29, 1.82) is 0 Å². The predicted molar refractivity (Wildman–Crippen MR) is 59.1 cm³/mol. The minimum atomic E-state index is -0.682. The normalized spacial score (nSPS) is 8.44. The lowest BCUT2D eigenvalue weighted by atomic mass is 10.4. The van der Waals surface area contributed by atoms with Gasteiger partial charge in [0.1, 0.15) is 0 Å². The first-order chi connectivity index (χ1) is 7.38. The molecule has 4 heteroatoms. The molecular formula is C12H14O4.